The van der Waals surface area contributed by atoms with Crippen molar-refractivity contribution < 1.29 is 18.2 Å². The van der Waals surface area contributed by atoms with E-state index in [1.807, 2.05) is 5.16 Å². The van der Waals surface area contributed by atoms with Crippen LogP contribution in [0.2, 0.25) is 0 Å². The fraction of sp³-hybridized carbons (Fsp3) is 0.0476. The SMILES string of the molecule is NC(=CC(=NCc1ccccc1F)c1ccon1)c1nccc(NC(=O)c2cc(=O)[nH]o2)n1. The summed E-state index contributed by atoms with van der Waals surface area (Å²) in [6, 6.07) is 10.3. The van der Waals surface area contributed by atoms with Crippen molar-refractivity contribution in [2.75, 3.05) is 5.32 Å². The van der Waals surface area contributed by atoms with E-state index in [4.69, 9.17) is 14.8 Å². The Kier molecular flexibility index (Phi) is 6.16. The number of anilines is 1. The first kappa shape index (κ1) is 21.4. The number of nitrogens with one attached hydrogen (secondary N) is 2. The summed E-state index contributed by atoms with van der Waals surface area (Å²) in [5.74, 6) is -1.07. The summed E-state index contributed by atoms with van der Waals surface area (Å²) in [6.07, 6.45) is 4.22. The minimum atomic E-state index is -0.685. The van der Waals surface area contributed by atoms with Crippen LogP contribution < -0.4 is 16.6 Å². The number of H-pyrrole nitrogens is 1. The number of allylic oxidation sites excluding steroid dienone is 1. The Labute approximate surface area is 184 Å². The molecule has 0 saturated carbocycles. The lowest BCUT2D eigenvalue weighted by Crippen LogP contribution is -2.14. The molecule has 0 saturated heterocycles. The van der Waals surface area contributed by atoms with Gasteiger partial charge in [-0.2, -0.15) is 5.16 Å². The van der Waals surface area contributed by atoms with Gasteiger partial charge in [-0.3, -0.25) is 14.6 Å². The monoisotopic (exact) mass is 449 g/mol. The summed E-state index contributed by atoms with van der Waals surface area (Å²) in [4.78, 5) is 36.0. The van der Waals surface area contributed by atoms with E-state index < -0.39 is 11.5 Å². The van der Waals surface area contributed by atoms with Crippen LogP contribution in [0, 0.1) is 5.82 Å². The fourth-order valence-corrected chi connectivity index (χ4v) is 2.69. The van der Waals surface area contributed by atoms with Crippen molar-refractivity contribution >= 4 is 23.1 Å². The number of aromatic nitrogens is 4. The lowest BCUT2D eigenvalue weighted by Gasteiger charge is -2.06. The number of benzene rings is 1. The van der Waals surface area contributed by atoms with Crippen LogP contribution in [-0.4, -0.2) is 31.9 Å². The zero-order valence-electron chi connectivity index (χ0n) is 16.9. The van der Waals surface area contributed by atoms with Gasteiger partial charge in [-0.15, -0.1) is 0 Å². The maximum Gasteiger partial charge on any atom is 0.295 e. The highest BCUT2D eigenvalue weighted by atomic mass is 19.1. The summed E-state index contributed by atoms with van der Waals surface area (Å²) < 4.78 is 23.6. The third kappa shape index (κ3) is 5.25. The number of aromatic amines is 1. The normalized spacial score (nSPS) is 12.0. The van der Waals surface area contributed by atoms with E-state index in [1.165, 1.54) is 30.7 Å². The van der Waals surface area contributed by atoms with Gasteiger partial charge in [0, 0.05) is 17.8 Å². The lowest BCUT2D eigenvalue weighted by atomic mass is 10.2. The molecule has 12 heteroatoms. The van der Waals surface area contributed by atoms with E-state index in [0.29, 0.717) is 17.0 Å². The van der Waals surface area contributed by atoms with Gasteiger partial charge < -0.3 is 20.1 Å². The number of amides is 1. The molecule has 0 fully saturated rings. The van der Waals surface area contributed by atoms with E-state index in [-0.39, 0.29) is 35.5 Å². The molecular weight excluding hydrogens is 433 g/mol. The van der Waals surface area contributed by atoms with Crippen molar-refractivity contribution in [3.05, 3.63) is 100 Å². The molecule has 1 amide bonds. The summed E-state index contributed by atoms with van der Waals surface area (Å²) in [5, 5.41) is 8.35. The Morgan fingerprint density at radius 2 is 2.12 bits per heavy atom. The van der Waals surface area contributed by atoms with Crippen molar-refractivity contribution in [1.82, 2.24) is 20.3 Å². The molecule has 0 atom stereocenters. The van der Waals surface area contributed by atoms with Crippen molar-refractivity contribution in [2.45, 2.75) is 6.54 Å². The average Bonchev–Trinajstić information content (AvgIpc) is 3.50. The zero-order valence-corrected chi connectivity index (χ0v) is 16.9. The first-order chi connectivity index (χ1) is 16.0. The molecule has 0 aliphatic heterocycles. The first-order valence-electron chi connectivity index (χ1n) is 9.48. The van der Waals surface area contributed by atoms with Gasteiger partial charge in [0.15, 0.2) is 5.82 Å². The summed E-state index contributed by atoms with van der Waals surface area (Å²) in [7, 11) is 0. The number of carbonyl (C=O) groups excluding carboxylic acids is 1. The predicted molar refractivity (Wildman–Crippen MR) is 115 cm³/mol. The molecule has 4 N–H and O–H groups in total. The number of hydrogen-bond donors (Lipinski definition) is 3. The Morgan fingerprint density at radius 3 is 2.85 bits per heavy atom. The van der Waals surface area contributed by atoms with Gasteiger partial charge >= 0.3 is 0 Å². The highest BCUT2D eigenvalue weighted by molar-refractivity contribution is 6.10. The number of hydrogen-bond acceptors (Lipinski definition) is 9. The molecular formula is C21H16FN7O4. The van der Waals surface area contributed by atoms with Gasteiger partial charge in [0.25, 0.3) is 11.5 Å². The quantitative estimate of drug-likeness (QED) is 0.361. The largest absolute Gasteiger partial charge is 0.396 e. The number of carbonyl (C=O) groups is 1. The molecule has 0 bridgehead atoms. The highest BCUT2D eigenvalue weighted by Crippen LogP contribution is 2.13. The number of aliphatic imine (C=N–C) groups is 1. The second-order valence-electron chi connectivity index (χ2n) is 6.57. The van der Waals surface area contributed by atoms with Crippen LogP contribution >= 0.6 is 0 Å². The van der Waals surface area contributed by atoms with E-state index in [1.54, 1.807) is 24.3 Å². The summed E-state index contributed by atoms with van der Waals surface area (Å²) in [6.45, 7) is 0.0392. The lowest BCUT2D eigenvalue weighted by molar-refractivity contribution is 0.0987. The van der Waals surface area contributed by atoms with Crippen LogP contribution in [0.5, 0.6) is 0 Å². The molecule has 0 unspecified atom stereocenters. The average molecular weight is 449 g/mol. The molecule has 3 aromatic heterocycles. The van der Waals surface area contributed by atoms with Crippen molar-refractivity contribution in [3.63, 3.8) is 0 Å². The second kappa shape index (κ2) is 9.51. The Bertz CT molecular complexity index is 1390. The molecule has 0 spiro atoms. The topological polar surface area (TPSA) is 165 Å². The molecule has 0 radical (unpaired) electrons. The third-order valence-corrected chi connectivity index (χ3v) is 4.27. The van der Waals surface area contributed by atoms with Gasteiger partial charge in [-0.1, -0.05) is 23.4 Å². The molecule has 3 heterocycles. The molecule has 0 aliphatic carbocycles. The number of nitrogens with two attached hydrogens (primary N) is 1. The molecule has 1 aromatic carbocycles. The number of nitrogens with zero attached hydrogens (tertiary/aromatic N) is 4. The predicted octanol–water partition coefficient (Wildman–Crippen LogP) is 2.13. The maximum atomic E-state index is 14.0. The van der Waals surface area contributed by atoms with Crippen molar-refractivity contribution in [1.29, 1.82) is 0 Å². The van der Waals surface area contributed by atoms with E-state index in [9.17, 15) is 14.0 Å². The van der Waals surface area contributed by atoms with Gasteiger partial charge in [0.1, 0.15) is 23.6 Å². The van der Waals surface area contributed by atoms with E-state index >= 15 is 0 Å². The number of rotatable bonds is 7. The van der Waals surface area contributed by atoms with Crippen LogP contribution in [0.4, 0.5) is 10.2 Å². The Morgan fingerprint density at radius 1 is 1.27 bits per heavy atom. The van der Waals surface area contributed by atoms with Crippen LogP contribution in [0.25, 0.3) is 5.70 Å². The molecule has 4 aromatic rings. The van der Waals surface area contributed by atoms with Gasteiger partial charge in [0.2, 0.25) is 5.76 Å². The minimum Gasteiger partial charge on any atom is -0.396 e. The van der Waals surface area contributed by atoms with Gasteiger partial charge in [-0.05, 0) is 18.2 Å². The van der Waals surface area contributed by atoms with Gasteiger partial charge in [0.05, 0.1) is 24.0 Å². The molecule has 11 nitrogen and oxygen atoms in total. The van der Waals surface area contributed by atoms with E-state index in [2.05, 4.69) is 25.4 Å². The number of halogens is 1. The second-order valence-corrected chi connectivity index (χ2v) is 6.57. The maximum absolute atomic E-state index is 14.0. The Hall–Kier alpha value is -4.87. The van der Waals surface area contributed by atoms with Crippen LogP contribution in [0.3, 0.4) is 0 Å². The van der Waals surface area contributed by atoms with Crippen LogP contribution in [-0.2, 0) is 6.54 Å². The summed E-state index contributed by atoms with van der Waals surface area (Å²) in [5.41, 5.74) is 6.80. The zero-order chi connectivity index (χ0) is 23.2. The van der Waals surface area contributed by atoms with Crippen molar-refractivity contribution in [2.24, 2.45) is 10.7 Å². The van der Waals surface area contributed by atoms with Crippen molar-refractivity contribution in [3.8, 4) is 0 Å². The van der Waals surface area contributed by atoms with E-state index in [0.717, 1.165) is 6.07 Å². The standard InChI is InChI=1S/C21H16FN7O4/c22-13-4-2-1-3-12(13)11-25-16(15-6-8-32-28-15)9-14(23)20-24-7-5-18(26-20)27-21(31)17-10-19(30)29-33-17/h1-10H,11,23H2,(H,29,30)(H,24,26,27,31). The molecule has 166 valence electrons. The summed E-state index contributed by atoms with van der Waals surface area (Å²) >= 11 is 0. The van der Waals surface area contributed by atoms with Crippen LogP contribution in [0.15, 0.2) is 79.8 Å². The fourth-order valence-electron chi connectivity index (χ4n) is 2.69. The third-order valence-electron chi connectivity index (χ3n) is 4.27. The molecule has 33 heavy (non-hydrogen) atoms. The Balaban J connectivity index is 1.59. The highest BCUT2D eigenvalue weighted by Gasteiger charge is 2.14. The first-order valence-corrected chi connectivity index (χ1v) is 9.48. The minimum absolute atomic E-state index is 0.0392. The molecule has 0 aliphatic rings. The smallest absolute Gasteiger partial charge is 0.295 e. The van der Waals surface area contributed by atoms with Crippen LogP contribution in [0.1, 0.15) is 27.6 Å². The molecule has 4 rings (SSSR count). The van der Waals surface area contributed by atoms with Gasteiger partial charge in [-0.25, -0.2) is 14.4 Å².